The van der Waals surface area contributed by atoms with E-state index in [1.165, 1.54) is 49.4 Å². The number of carboxylic acids is 1. The number of hydrogen-bond acceptors (Lipinski definition) is 3. The molecule has 1 unspecified atom stereocenters. The van der Waals surface area contributed by atoms with E-state index in [9.17, 15) is 14.7 Å². The molecule has 0 spiro atoms. The number of fused-ring (bicyclic) bond motifs is 1. The highest BCUT2D eigenvalue weighted by molar-refractivity contribution is 7.98. The Labute approximate surface area is 164 Å². The Kier molecular flexibility index (Phi) is 5.13. The van der Waals surface area contributed by atoms with Crippen LogP contribution in [0.1, 0.15) is 77.7 Å². The molecule has 1 N–H and O–H groups in total. The fourth-order valence-corrected chi connectivity index (χ4v) is 5.23. The fourth-order valence-electron chi connectivity index (χ4n) is 4.60. The lowest BCUT2D eigenvalue weighted by molar-refractivity contribution is -0.138. The molecule has 2 aromatic rings. The molecule has 27 heavy (non-hydrogen) atoms. The van der Waals surface area contributed by atoms with Crippen molar-refractivity contribution in [2.45, 2.75) is 61.8 Å². The van der Waals surface area contributed by atoms with E-state index < -0.39 is 11.9 Å². The Hall–Kier alpha value is -2.01. The van der Waals surface area contributed by atoms with Crippen molar-refractivity contribution in [3.8, 4) is 0 Å². The van der Waals surface area contributed by atoms with Crippen LogP contribution in [0, 0.1) is 0 Å². The first kappa shape index (κ1) is 18.4. The van der Waals surface area contributed by atoms with Gasteiger partial charge in [-0.1, -0.05) is 43.5 Å². The Morgan fingerprint density at radius 3 is 2.41 bits per heavy atom. The van der Waals surface area contributed by atoms with E-state index in [4.69, 9.17) is 0 Å². The van der Waals surface area contributed by atoms with E-state index in [0.29, 0.717) is 30.1 Å². The highest BCUT2D eigenvalue weighted by atomic mass is 32.2. The van der Waals surface area contributed by atoms with Gasteiger partial charge in [-0.05, 0) is 43.1 Å². The van der Waals surface area contributed by atoms with Gasteiger partial charge in [0.2, 0.25) is 5.78 Å². The summed E-state index contributed by atoms with van der Waals surface area (Å²) in [5.41, 5.74) is 3.42. The fraction of sp³-hybridized carbons (Fsp3) is 0.455. The lowest BCUT2D eigenvalue weighted by Gasteiger charge is -2.22. The third kappa shape index (κ3) is 3.33. The van der Waals surface area contributed by atoms with E-state index in [1.54, 1.807) is 0 Å². The summed E-state index contributed by atoms with van der Waals surface area (Å²) in [4.78, 5) is 25.6. The van der Waals surface area contributed by atoms with E-state index >= 15 is 0 Å². The zero-order valence-electron chi connectivity index (χ0n) is 15.6. The average Bonchev–Trinajstić information content (AvgIpc) is 3.27. The van der Waals surface area contributed by atoms with Crippen LogP contribution in [0.25, 0.3) is 0 Å². The van der Waals surface area contributed by atoms with Crippen LogP contribution in [0.2, 0.25) is 0 Å². The Morgan fingerprint density at radius 1 is 1.07 bits per heavy atom. The molecule has 1 aliphatic heterocycles. The Balaban J connectivity index is 1.63. The molecule has 0 saturated heterocycles. The minimum Gasteiger partial charge on any atom is -0.481 e. The van der Waals surface area contributed by atoms with Crippen molar-refractivity contribution in [2.75, 3.05) is 6.26 Å². The standard InChI is InChI=1S/C22H25NO3S/c1-27-19-13-18-17(22(25)26)11-12-23(18)20(19)21(24)16-9-7-15(8-10-16)14-5-3-2-4-6-14/h7-10,13-14,17H,2-6,11-12H2,1H3,(H,25,26). The molecule has 2 aliphatic rings. The molecule has 1 aliphatic carbocycles. The predicted octanol–water partition coefficient (Wildman–Crippen LogP) is 5.06. The monoisotopic (exact) mass is 383 g/mol. The first-order valence-electron chi connectivity index (χ1n) is 9.75. The molecule has 1 aromatic heterocycles. The summed E-state index contributed by atoms with van der Waals surface area (Å²) < 4.78 is 1.92. The van der Waals surface area contributed by atoms with Crippen molar-refractivity contribution in [1.82, 2.24) is 4.57 Å². The molecule has 0 radical (unpaired) electrons. The average molecular weight is 384 g/mol. The number of hydrogen-bond donors (Lipinski definition) is 1. The molecule has 1 atom stereocenters. The second-order valence-corrected chi connectivity index (χ2v) is 8.45. The minimum absolute atomic E-state index is 0.00756. The van der Waals surface area contributed by atoms with Crippen molar-refractivity contribution in [3.05, 3.63) is 52.8 Å². The molecule has 2 heterocycles. The Morgan fingerprint density at radius 2 is 1.78 bits per heavy atom. The SMILES string of the molecule is CSc1cc2n(c1C(=O)c1ccc(C3CCCCC3)cc1)CCC2C(=O)O. The zero-order valence-corrected chi connectivity index (χ0v) is 16.4. The maximum atomic E-state index is 13.2. The number of nitrogens with zero attached hydrogens (tertiary/aromatic N) is 1. The minimum atomic E-state index is -0.810. The number of thioether (sulfide) groups is 1. The first-order chi connectivity index (χ1) is 13.1. The van der Waals surface area contributed by atoms with Crippen molar-refractivity contribution in [1.29, 1.82) is 0 Å². The van der Waals surface area contributed by atoms with Crippen LogP contribution in [-0.2, 0) is 11.3 Å². The number of aromatic nitrogens is 1. The molecular formula is C22H25NO3S. The largest absolute Gasteiger partial charge is 0.481 e. The number of carbonyl (C=O) groups excluding carboxylic acids is 1. The summed E-state index contributed by atoms with van der Waals surface area (Å²) in [6.45, 7) is 0.591. The molecule has 142 valence electrons. The number of carbonyl (C=O) groups is 2. The third-order valence-electron chi connectivity index (χ3n) is 6.07. The number of ketones is 1. The second-order valence-electron chi connectivity index (χ2n) is 7.60. The second kappa shape index (κ2) is 7.55. The topological polar surface area (TPSA) is 59.3 Å². The van der Waals surface area contributed by atoms with Crippen molar-refractivity contribution in [3.63, 3.8) is 0 Å². The van der Waals surface area contributed by atoms with E-state index in [2.05, 4.69) is 12.1 Å². The van der Waals surface area contributed by atoms with Gasteiger partial charge in [-0.15, -0.1) is 11.8 Å². The van der Waals surface area contributed by atoms with Gasteiger partial charge in [0.15, 0.2) is 0 Å². The summed E-state index contributed by atoms with van der Waals surface area (Å²) >= 11 is 1.51. The van der Waals surface area contributed by atoms with Gasteiger partial charge in [0.25, 0.3) is 0 Å². The van der Waals surface area contributed by atoms with Crippen LogP contribution in [-0.4, -0.2) is 27.7 Å². The first-order valence-corrected chi connectivity index (χ1v) is 11.0. The molecular weight excluding hydrogens is 358 g/mol. The lowest BCUT2D eigenvalue weighted by atomic mass is 9.84. The molecule has 0 bridgehead atoms. The summed E-state index contributed by atoms with van der Waals surface area (Å²) in [5.74, 6) is -0.703. The van der Waals surface area contributed by atoms with Crippen molar-refractivity contribution in [2.24, 2.45) is 0 Å². The van der Waals surface area contributed by atoms with E-state index in [0.717, 1.165) is 10.6 Å². The van der Waals surface area contributed by atoms with Crippen LogP contribution >= 0.6 is 11.8 Å². The molecule has 1 aromatic carbocycles. The van der Waals surface area contributed by atoms with Crippen LogP contribution < -0.4 is 0 Å². The lowest BCUT2D eigenvalue weighted by Crippen LogP contribution is -2.11. The molecule has 4 rings (SSSR count). The van der Waals surface area contributed by atoms with Gasteiger partial charge in [0.05, 0.1) is 5.92 Å². The molecule has 1 fully saturated rings. The van der Waals surface area contributed by atoms with Gasteiger partial charge >= 0.3 is 5.97 Å². The van der Waals surface area contributed by atoms with E-state index in [-0.39, 0.29) is 5.78 Å². The van der Waals surface area contributed by atoms with Crippen LogP contribution in [0.4, 0.5) is 0 Å². The molecule has 5 heteroatoms. The van der Waals surface area contributed by atoms with E-state index in [1.807, 2.05) is 29.0 Å². The Bertz CT molecular complexity index is 862. The molecule has 1 saturated carbocycles. The number of carboxylic acid groups (broad SMARTS) is 1. The zero-order chi connectivity index (χ0) is 19.0. The number of benzene rings is 1. The summed E-state index contributed by atoms with van der Waals surface area (Å²) in [6.07, 6.45) is 8.90. The molecule has 4 nitrogen and oxygen atoms in total. The summed E-state index contributed by atoms with van der Waals surface area (Å²) in [6, 6.07) is 9.99. The maximum absolute atomic E-state index is 13.2. The summed E-state index contributed by atoms with van der Waals surface area (Å²) in [5, 5.41) is 9.44. The van der Waals surface area contributed by atoms with Crippen LogP contribution in [0.3, 0.4) is 0 Å². The third-order valence-corrected chi connectivity index (χ3v) is 6.83. The van der Waals surface area contributed by atoms with Crippen molar-refractivity contribution >= 4 is 23.5 Å². The molecule has 0 amide bonds. The van der Waals surface area contributed by atoms with Gasteiger partial charge in [0.1, 0.15) is 5.69 Å². The highest BCUT2D eigenvalue weighted by Crippen LogP contribution is 2.38. The number of aliphatic carboxylic acids is 1. The van der Waals surface area contributed by atoms with Crippen LogP contribution in [0.15, 0.2) is 35.2 Å². The van der Waals surface area contributed by atoms with Crippen LogP contribution in [0.5, 0.6) is 0 Å². The quantitative estimate of drug-likeness (QED) is 0.579. The van der Waals surface area contributed by atoms with Gasteiger partial charge < -0.3 is 9.67 Å². The number of rotatable bonds is 5. The van der Waals surface area contributed by atoms with Gasteiger partial charge in [-0.25, -0.2) is 0 Å². The van der Waals surface area contributed by atoms with Gasteiger partial charge in [-0.3, -0.25) is 9.59 Å². The smallest absolute Gasteiger partial charge is 0.312 e. The van der Waals surface area contributed by atoms with Gasteiger partial charge in [0, 0.05) is 22.7 Å². The van der Waals surface area contributed by atoms with Gasteiger partial charge in [-0.2, -0.15) is 0 Å². The highest BCUT2D eigenvalue weighted by Gasteiger charge is 2.34. The normalized spacial score (nSPS) is 19.8. The predicted molar refractivity (Wildman–Crippen MR) is 107 cm³/mol. The van der Waals surface area contributed by atoms with Crippen molar-refractivity contribution < 1.29 is 14.7 Å². The summed E-state index contributed by atoms with van der Waals surface area (Å²) in [7, 11) is 0. The maximum Gasteiger partial charge on any atom is 0.312 e.